The molecule has 5 rings (SSSR count). The van der Waals surface area contributed by atoms with E-state index >= 15 is 0 Å². The normalized spacial score (nSPS) is 17.1. The molecule has 206 valence electrons. The third-order valence-corrected chi connectivity index (χ3v) is 8.37. The number of para-hydroxylation sites is 1. The highest BCUT2D eigenvalue weighted by molar-refractivity contribution is 5.95. The van der Waals surface area contributed by atoms with Crippen LogP contribution in [-0.4, -0.2) is 66.7 Å². The number of hydrogen-bond acceptors (Lipinski definition) is 5. The summed E-state index contributed by atoms with van der Waals surface area (Å²) in [5.41, 5.74) is 1.52. The van der Waals surface area contributed by atoms with Crippen molar-refractivity contribution in [3.8, 4) is 0 Å². The van der Waals surface area contributed by atoms with Gasteiger partial charge in [-0.2, -0.15) is 0 Å². The molecule has 0 bridgehead atoms. The Kier molecular flexibility index (Phi) is 8.18. The van der Waals surface area contributed by atoms with E-state index in [-0.39, 0.29) is 18.4 Å². The lowest BCUT2D eigenvalue weighted by Gasteiger charge is -2.43. The van der Waals surface area contributed by atoms with Gasteiger partial charge in [0.25, 0.3) is 11.4 Å². The van der Waals surface area contributed by atoms with Crippen molar-refractivity contribution in [1.82, 2.24) is 9.80 Å². The maximum absolute atomic E-state index is 13.9. The Labute approximate surface area is 236 Å². The highest BCUT2D eigenvalue weighted by Gasteiger charge is 2.54. The first-order valence-electron chi connectivity index (χ1n) is 14.0. The van der Waals surface area contributed by atoms with Crippen molar-refractivity contribution in [1.29, 1.82) is 0 Å². The molecule has 2 aliphatic heterocycles. The fraction of sp³-hybridized carbons (Fsp3) is 0.364. The van der Waals surface area contributed by atoms with E-state index in [4.69, 9.17) is 11.3 Å². The van der Waals surface area contributed by atoms with Crippen LogP contribution in [0.4, 0.5) is 5.69 Å². The standard InChI is InChI=1S/C33H36N4O3/c1-3-40-30(38)25-36-26-37(29-17-11-6-12-18-29)32(31(36)39)19-22-35(23-20-32)24-21-33(34-2,27-13-7-4-8-14-27)28-15-9-5-10-16-28/h4-18H,3,19-26H2,1H3. The zero-order chi connectivity index (χ0) is 28.0. The monoisotopic (exact) mass is 536 g/mol. The molecular weight excluding hydrogens is 500 g/mol. The van der Waals surface area contributed by atoms with Crippen LogP contribution in [0.15, 0.2) is 91.0 Å². The van der Waals surface area contributed by atoms with Gasteiger partial charge in [-0.25, -0.2) is 6.57 Å². The molecule has 7 heteroatoms. The van der Waals surface area contributed by atoms with E-state index in [9.17, 15) is 9.59 Å². The Bertz CT molecular complexity index is 1290. The molecule has 0 saturated carbocycles. The highest BCUT2D eigenvalue weighted by atomic mass is 16.5. The van der Waals surface area contributed by atoms with Crippen LogP contribution < -0.4 is 4.90 Å². The van der Waals surface area contributed by atoms with Gasteiger partial charge in [0.1, 0.15) is 12.1 Å². The number of hydrogen-bond donors (Lipinski definition) is 0. The molecule has 2 fully saturated rings. The van der Waals surface area contributed by atoms with Crippen LogP contribution in [0.5, 0.6) is 0 Å². The van der Waals surface area contributed by atoms with Crippen molar-refractivity contribution in [2.24, 2.45) is 0 Å². The summed E-state index contributed by atoms with van der Waals surface area (Å²) in [4.78, 5) is 36.6. The van der Waals surface area contributed by atoms with Crippen LogP contribution >= 0.6 is 0 Å². The molecule has 0 aromatic heterocycles. The van der Waals surface area contributed by atoms with E-state index in [1.54, 1.807) is 11.8 Å². The number of amides is 1. The summed E-state index contributed by atoms with van der Waals surface area (Å²) in [6, 6.07) is 30.1. The third-order valence-electron chi connectivity index (χ3n) is 8.37. The fourth-order valence-electron chi connectivity index (χ4n) is 6.22. The number of rotatable bonds is 9. The molecule has 0 atom stereocenters. The van der Waals surface area contributed by atoms with Crippen LogP contribution in [0.1, 0.15) is 37.3 Å². The summed E-state index contributed by atoms with van der Waals surface area (Å²) in [6.45, 7) is 12.9. The molecule has 2 heterocycles. The van der Waals surface area contributed by atoms with Gasteiger partial charge in [-0.15, -0.1) is 0 Å². The average Bonchev–Trinajstić information content (AvgIpc) is 3.26. The summed E-state index contributed by atoms with van der Waals surface area (Å²) in [5.74, 6) is -0.385. The smallest absolute Gasteiger partial charge is 0.325 e. The molecule has 2 saturated heterocycles. The van der Waals surface area contributed by atoms with Crippen LogP contribution in [0.2, 0.25) is 0 Å². The van der Waals surface area contributed by atoms with E-state index in [0.29, 0.717) is 32.5 Å². The lowest BCUT2D eigenvalue weighted by Crippen LogP contribution is -2.57. The SMILES string of the molecule is [C-]#[N+]C(CCN1CCC2(CC1)C(=O)N(CC(=O)OCC)CN2c1ccccc1)(c1ccccc1)c1ccccc1. The predicted octanol–water partition coefficient (Wildman–Crippen LogP) is 4.94. The number of carbonyl (C=O) groups excluding carboxylic acids is 2. The van der Waals surface area contributed by atoms with Gasteiger partial charge in [-0.3, -0.25) is 14.4 Å². The summed E-state index contributed by atoms with van der Waals surface area (Å²) in [5, 5.41) is 0. The quantitative estimate of drug-likeness (QED) is 0.286. The molecule has 1 amide bonds. The fourth-order valence-corrected chi connectivity index (χ4v) is 6.22. The van der Waals surface area contributed by atoms with Crippen molar-refractivity contribution in [2.45, 2.75) is 37.3 Å². The zero-order valence-corrected chi connectivity index (χ0v) is 23.0. The van der Waals surface area contributed by atoms with E-state index in [0.717, 1.165) is 36.4 Å². The zero-order valence-electron chi connectivity index (χ0n) is 23.0. The third kappa shape index (κ3) is 5.20. The van der Waals surface area contributed by atoms with Crippen molar-refractivity contribution in [2.75, 3.05) is 44.4 Å². The van der Waals surface area contributed by atoms with E-state index in [1.807, 2.05) is 91.0 Å². The minimum atomic E-state index is -0.770. The molecule has 0 aliphatic carbocycles. The van der Waals surface area contributed by atoms with Crippen molar-refractivity contribution in [3.05, 3.63) is 114 Å². The first kappa shape index (κ1) is 27.4. The molecule has 0 N–H and O–H groups in total. The Morgan fingerprint density at radius 1 is 0.925 bits per heavy atom. The molecule has 3 aromatic carbocycles. The van der Waals surface area contributed by atoms with E-state index in [1.165, 1.54) is 0 Å². The first-order valence-corrected chi connectivity index (χ1v) is 14.0. The van der Waals surface area contributed by atoms with Gasteiger partial charge in [0.15, 0.2) is 0 Å². The summed E-state index contributed by atoms with van der Waals surface area (Å²) >= 11 is 0. The Morgan fingerprint density at radius 3 is 2.00 bits per heavy atom. The van der Waals surface area contributed by atoms with Crippen LogP contribution in [0.3, 0.4) is 0 Å². The number of anilines is 1. The first-order chi connectivity index (χ1) is 19.5. The second-order valence-corrected chi connectivity index (χ2v) is 10.5. The van der Waals surface area contributed by atoms with Crippen LogP contribution in [0.25, 0.3) is 4.85 Å². The van der Waals surface area contributed by atoms with Gasteiger partial charge in [0.05, 0.1) is 13.3 Å². The van der Waals surface area contributed by atoms with Crippen LogP contribution in [0, 0.1) is 6.57 Å². The number of piperidine rings is 1. The number of carbonyl (C=O) groups is 2. The highest BCUT2D eigenvalue weighted by Crippen LogP contribution is 2.41. The molecule has 7 nitrogen and oxygen atoms in total. The minimum Gasteiger partial charge on any atom is -0.465 e. The van der Waals surface area contributed by atoms with Gasteiger partial charge < -0.3 is 19.4 Å². The molecule has 40 heavy (non-hydrogen) atoms. The van der Waals surface area contributed by atoms with Gasteiger partial charge in [-0.05, 0) is 31.9 Å². The average molecular weight is 537 g/mol. The molecule has 0 radical (unpaired) electrons. The van der Waals surface area contributed by atoms with Crippen LogP contribution in [-0.2, 0) is 19.9 Å². The van der Waals surface area contributed by atoms with Crippen molar-refractivity contribution < 1.29 is 14.3 Å². The summed E-state index contributed by atoms with van der Waals surface area (Å²) in [7, 11) is 0. The molecular formula is C33H36N4O3. The number of ether oxygens (including phenoxy) is 1. The summed E-state index contributed by atoms with van der Waals surface area (Å²) < 4.78 is 5.15. The lowest BCUT2D eigenvalue weighted by atomic mass is 9.80. The van der Waals surface area contributed by atoms with Crippen molar-refractivity contribution in [3.63, 3.8) is 0 Å². The molecule has 1 spiro atoms. The number of benzene rings is 3. The largest absolute Gasteiger partial charge is 0.465 e. The summed E-state index contributed by atoms with van der Waals surface area (Å²) in [6.07, 6.45) is 1.96. The Balaban J connectivity index is 1.34. The Morgan fingerprint density at radius 2 is 1.48 bits per heavy atom. The van der Waals surface area contributed by atoms with Gasteiger partial charge >= 0.3 is 5.97 Å². The van der Waals surface area contributed by atoms with Crippen molar-refractivity contribution >= 4 is 17.6 Å². The maximum atomic E-state index is 13.9. The maximum Gasteiger partial charge on any atom is 0.325 e. The van der Waals surface area contributed by atoms with E-state index < -0.39 is 11.1 Å². The second kappa shape index (κ2) is 11.9. The van der Waals surface area contributed by atoms with Gasteiger partial charge in [0.2, 0.25) is 0 Å². The number of nitrogens with zero attached hydrogens (tertiary/aromatic N) is 4. The van der Waals surface area contributed by atoms with Gasteiger partial charge in [-0.1, -0.05) is 78.9 Å². The molecule has 0 unspecified atom stereocenters. The Hall–Kier alpha value is -4.15. The molecule has 3 aromatic rings. The number of likely N-dealkylation sites (tertiary alicyclic amines) is 1. The second-order valence-electron chi connectivity index (χ2n) is 10.5. The lowest BCUT2D eigenvalue weighted by molar-refractivity contribution is -0.148. The minimum absolute atomic E-state index is 0.00636. The van der Waals surface area contributed by atoms with Gasteiger partial charge in [0, 0.05) is 42.9 Å². The molecule has 2 aliphatic rings. The predicted molar refractivity (Wildman–Crippen MR) is 155 cm³/mol. The topological polar surface area (TPSA) is 57.5 Å². The van der Waals surface area contributed by atoms with E-state index in [2.05, 4.69) is 14.6 Å². The number of esters is 1.